The van der Waals surface area contributed by atoms with Crippen molar-refractivity contribution in [2.45, 2.75) is 63.3 Å². The molecule has 0 spiro atoms. The van der Waals surface area contributed by atoms with E-state index in [9.17, 15) is 31.6 Å². The van der Waals surface area contributed by atoms with Crippen molar-refractivity contribution in [3.05, 3.63) is 68.7 Å². The van der Waals surface area contributed by atoms with E-state index in [0.29, 0.717) is 35.2 Å². The van der Waals surface area contributed by atoms with Gasteiger partial charge in [-0.25, -0.2) is 8.42 Å². The molecule has 3 unspecified atom stereocenters. The number of alkyl halides is 3. The zero-order valence-corrected chi connectivity index (χ0v) is 25.0. The number of dihydropyridines is 1. The number of H-pyrrole nitrogens is 1. The fourth-order valence-electron chi connectivity index (χ4n) is 5.36. The number of aromatic amines is 1. The van der Waals surface area contributed by atoms with Crippen molar-refractivity contribution in [1.29, 1.82) is 5.26 Å². The first-order valence-electron chi connectivity index (χ1n) is 13.0. The van der Waals surface area contributed by atoms with Crippen LogP contribution in [-0.4, -0.2) is 31.3 Å². The minimum absolute atomic E-state index is 0.0476. The maximum Gasteiger partial charge on any atom is 0.501 e. The Labute approximate surface area is 244 Å². The first kappa shape index (κ1) is 30.7. The van der Waals surface area contributed by atoms with Gasteiger partial charge in [0.2, 0.25) is 5.44 Å². The van der Waals surface area contributed by atoms with Gasteiger partial charge in [0.15, 0.2) is 17.3 Å². The van der Waals surface area contributed by atoms with Gasteiger partial charge >= 0.3 is 5.51 Å². The molecule has 1 aromatic heterocycles. The summed E-state index contributed by atoms with van der Waals surface area (Å²) in [6.45, 7) is 5.53. The monoisotopic (exact) mass is 655 g/mol. The van der Waals surface area contributed by atoms with Crippen molar-refractivity contribution in [3.8, 4) is 17.6 Å². The summed E-state index contributed by atoms with van der Waals surface area (Å²) >= 11 is 3.33. The van der Waals surface area contributed by atoms with Crippen molar-refractivity contribution in [3.63, 3.8) is 0 Å². The predicted octanol–water partition coefficient (Wildman–Crippen LogP) is 6.71. The minimum Gasteiger partial charge on any atom is -0.490 e. The number of nitrogens with one attached hydrogen (secondary N) is 2. The molecule has 1 aromatic carbocycles. The van der Waals surface area contributed by atoms with Gasteiger partial charge in [-0.1, -0.05) is 13.3 Å². The molecule has 1 aliphatic carbocycles. The molecule has 3 atom stereocenters. The molecule has 2 heterocycles. The predicted molar refractivity (Wildman–Crippen MR) is 148 cm³/mol. The molecular formula is C28H29BrF3N3O5S. The maximum atomic E-state index is 13.6. The first-order valence-corrected chi connectivity index (χ1v) is 15.4. The molecule has 1 aliphatic heterocycles. The zero-order chi connectivity index (χ0) is 30.1. The molecule has 0 saturated carbocycles. The van der Waals surface area contributed by atoms with Gasteiger partial charge in [0.1, 0.15) is 0 Å². The third-order valence-corrected chi connectivity index (χ3v) is 9.25. The standard InChI is InChI=1S/C28H29BrF3N3O5S/c1-4-7-16-10-21-25(22(36)11-16)24(18(14-33)15(3)35-21)17-12-19(29)26(23(13-17)39-5-2)40-27(20-8-6-9-34-20)41(37,38)28(30,31)32/h6,8-9,12-13,16,24,27,34-35H,4-5,7,10-11H2,1-3H3. The van der Waals surface area contributed by atoms with Crippen LogP contribution in [0.1, 0.15) is 69.1 Å². The number of hydrogen-bond acceptors (Lipinski definition) is 7. The lowest BCUT2D eigenvalue weighted by Gasteiger charge is -2.35. The molecule has 0 amide bonds. The van der Waals surface area contributed by atoms with Crippen LogP contribution < -0.4 is 14.8 Å². The largest absolute Gasteiger partial charge is 0.501 e. The van der Waals surface area contributed by atoms with Crippen LogP contribution in [0, 0.1) is 17.2 Å². The number of allylic oxidation sites excluding steroid dienone is 4. The normalized spacial score (nSPS) is 20.3. The van der Waals surface area contributed by atoms with Gasteiger partial charge in [-0.3, -0.25) is 4.79 Å². The van der Waals surface area contributed by atoms with Gasteiger partial charge in [-0.15, -0.1) is 0 Å². The maximum absolute atomic E-state index is 13.6. The number of rotatable bonds is 9. The van der Waals surface area contributed by atoms with E-state index in [1.54, 1.807) is 13.8 Å². The van der Waals surface area contributed by atoms with Crippen molar-refractivity contribution in [2.75, 3.05) is 6.61 Å². The number of carbonyl (C=O) groups is 1. The summed E-state index contributed by atoms with van der Waals surface area (Å²) in [6.07, 6.45) is 4.09. The van der Waals surface area contributed by atoms with Crippen LogP contribution >= 0.6 is 15.9 Å². The molecule has 2 N–H and O–H groups in total. The van der Waals surface area contributed by atoms with Crippen LogP contribution in [0.5, 0.6) is 11.5 Å². The second-order valence-electron chi connectivity index (χ2n) is 9.92. The summed E-state index contributed by atoms with van der Waals surface area (Å²) in [7, 11) is -5.83. The van der Waals surface area contributed by atoms with E-state index in [4.69, 9.17) is 9.47 Å². The Hall–Kier alpha value is -3.24. The summed E-state index contributed by atoms with van der Waals surface area (Å²) in [5.74, 6) is -0.983. The number of aromatic nitrogens is 1. The highest BCUT2D eigenvalue weighted by molar-refractivity contribution is 9.10. The Bertz CT molecular complexity index is 1540. The van der Waals surface area contributed by atoms with Crippen LogP contribution in [0.25, 0.3) is 0 Å². The number of ether oxygens (including phenoxy) is 2. The van der Waals surface area contributed by atoms with Crippen LogP contribution in [0.4, 0.5) is 13.2 Å². The number of ketones is 1. The third-order valence-electron chi connectivity index (χ3n) is 7.10. The Morgan fingerprint density at radius 2 is 1.98 bits per heavy atom. The highest BCUT2D eigenvalue weighted by atomic mass is 79.9. The van der Waals surface area contributed by atoms with Gasteiger partial charge in [0, 0.05) is 29.6 Å². The number of sulfone groups is 1. The van der Waals surface area contributed by atoms with Crippen LogP contribution in [0.15, 0.2) is 57.5 Å². The average Bonchev–Trinajstić information content (AvgIpc) is 3.41. The van der Waals surface area contributed by atoms with Gasteiger partial charge < -0.3 is 19.8 Å². The zero-order valence-electron chi connectivity index (χ0n) is 22.6. The fourth-order valence-corrected chi connectivity index (χ4v) is 6.86. The highest BCUT2D eigenvalue weighted by Crippen LogP contribution is 2.49. The van der Waals surface area contributed by atoms with E-state index in [0.717, 1.165) is 18.5 Å². The molecule has 0 saturated heterocycles. The van der Waals surface area contributed by atoms with Gasteiger partial charge in [0.05, 0.1) is 34.3 Å². The molecule has 2 aliphatic rings. The molecule has 8 nitrogen and oxygen atoms in total. The molecule has 0 bridgehead atoms. The molecule has 2 aromatic rings. The van der Waals surface area contributed by atoms with Gasteiger partial charge in [-0.2, -0.15) is 18.4 Å². The van der Waals surface area contributed by atoms with Gasteiger partial charge in [-0.05, 0) is 78.4 Å². The lowest BCUT2D eigenvalue weighted by Crippen LogP contribution is -2.34. The topological polar surface area (TPSA) is 121 Å². The summed E-state index contributed by atoms with van der Waals surface area (Å²) in [5, 5.41) is 13.3. The SMILES string of the molecule is CCCC1CC(=O)C2=C(C1)NC(C)=C(C#N)C2c1cc(Br)c(OC(c2ccc[nH]2)S(=O)(=O)C(F)(F)F)c(OCC)c1. The average molecular weight is 657 g/mol. The van der Waals surface area contributed by atoms with E-state index in [1.165, 1.54) is 30.5 Å². The smallest absolute Gasteiger partial charge is 0.490 e. The number of benzene rings is 1. The molecule has 41 heavy (non-hydrogen) atoms. The molecule has 4 rings (SSSR count). The highest BCUT2D eigenvalue weighted by Gasteiger charge is 2.53. The van der Waals surface area contributed by atoms with E-state index in [-0.39, 0.29) is 40.0 Å². The first-order chi connectivity index (χ1) is 19.3. The second-order valence-corrected chi connectivity index (χ2v) is 12.8. The summed E-state index contributed by atoms with van der Waals surface area (Å²) in [4.78, 5) is 15.9. The van der Waals surface area contributed by atoms with Gasteiger partial charge in [0.25, 0.3) is 9.84 Å². The molecule has 0 radical (unpaired) electrons. The molecule has 220 valence electrons. The number of halogens is 4. The number of nitrogens with zero attached hydrogens (tertiary/aromatic N) is 1. The van der Waals surface area contributed by atoms with Crippen molar-refractivity contribution in [1.82, 2.24) is 10.3 Å². The lowest BCUT2D eigenvalue weighted by atomic mass is 9.72. The van der Waals surface area contributed by atoms with Crippen molar-refractivity contribution < 1.29 is 35.9 Å². The molecule has 0 fully saturated rings. The Morgan fingerprint density at radius 1 is 1.24 bits per heavy atom. The van der Waals surface area contributed by atoms with Crippen LogP contribution in [-0.2, 0) is 14.6 Å². The summed E-state index contributed by atoms with van der Waals surface area (Å²) in [6, 6.07) is 7.72. The third kappa shape index (κ3) is 5.90. The van der Waals surface area contributed by atoms with E-state index < -0.39 is 26.7 Å². The molecule has 13 heteroatoms. The van der Waals surface area contributed by atoms with E-state index in [1.807, 2.05) is 0 Å². The number of hydrogen-bond donors (Lipinski definition) is 2. The van der Waals surface area contributed by atoms with Crippen LogP contribution in [0.2, 0.25) is 0 Å². The Morgan fingerprint density at radius 3 is 2.56 bits per heavy atom. The van der Waals surface area contributed by atoms with Crippen LogP contribution in [0.3, 0.4) is 0 Å². The summed E-state index contributed by atoms with van der Waals surface area (Å²) in [5.41, 5.74) is -5.77. The molecular weight excluding hydrogens is 627 g/mol. The number of Topliss-reactive ketones (excluding diaryl/α,β-unsaturated/α-hetero) is 1. The quantitative estimate of drug-likeness (QED) is 0.308. The summed E-state index contributed by atoms with van der Waals surface area (Å²) < 4.78 is 77.3. The Balaban J connectivity index is 1.85. The Kier molecular flexibility index (Phi) is 8.94. The van der Waals surface area contributed by atoms with Crippen molar-refractivity contribution in [2.24, 2.45) is 5.92 Å². The van der Waals surface area contributed by atoms with Crippen molar-refractivity contribution >= 4 is 31.6 Å². The lowest BCUT2D eigenvalue weighted by molar-refractivity contribution is -0.117. The fraction of sp³-hybridized carbons (Fsp3) is 0.429. The minimum atomic E-state index is -5.83. The number of nitriles is 1. The second kappa shape index (κ2) is 11.9. The van der Waals surface area contributed by atoms with E-state index in [2.05, 4.69) is 39.2 Å². The number of carbonyl (C=O) groups excluding carboxylic acids is 1. The van der Waals surface area contributed by atoms with E-state index >= 15 is 0 Å².